The second-order valence-corrected chi connectivity index (χ2v) is 4.40. The van der Waals surface area contributed by atoms with Crippen molar-refractivity contribution in [2.75, 3.05) is 7.05 Å². The molecule has 3 heteroatoms. The monoisotopic (exact) mass is 193 g/mol. The van der Waals surface area contributed by atoms with E-state index in [-0.39, 0.29) is 29.6 Å². The summed E-state index contributed by atoms with van der Waals surface area (Å²) < 4.78 is 0. The van der Waals surface area contributed by atoms with Crippen LogP contribution in [0.15, 0.2) is 12.7 Å². The van der Waals surface area contributed by atoms with Crippen molar-refractivity contribution in [1.29, 1.82) is 0 Å². The van der Waals surface area contributed by atoms with Gasteiger partial charge in [-0.1, -0.05) is 13.0 Å². The highest BCUT2D eigenvalue weighted by molar-refractivity contribution is 6.05. The second kappa shape index (κ2) is 2.94. The molecule has 0 N–H and O–H groups in total. The number of allylic oxidation sites excluding steroid dienone is 1. The summed E-state index contributed by atoms with van der Waals surface area (Å²) in [4.78, 5) is 24.8. The van der Waals surface area contributed by atoms with Gasteiger partial charge >= 0.3 is 0 Å². The third kappa shape index (κ3) is 0.982. The summed E-state index contributed by atoms with van der Waals surface area (Å²) in [5.74, 6) is 0.266. The van der Waals surface area contributed by atoms with Gasteiger partial charge in [-0.25, -0.2) is 0 Å². The van der Waals surface area contributed by atoms with Gasteiger partial charge in [0.25, 0.3) is 0 Å². The smallest absolute Gasteiger partial charge is 0.233 e. The van der Waals surface area contributed by atoms with Crippen LogP contribution >= 0.6 is 0 Å². The third-order valence-electron chi connectivity index (χ3n) is 3.64. The summed E-state index contributed by atoms with van der Waals surface area (Å²) in [6, 6.07) is 0. The van der Waals surface area contributed by atoms with Crippen molar-refractivity contribution in [2.24, 2.45) is 23.7 Å². The van der Waals surface area contributed by atoms with Gasteiger partial charge in [0.05, 0.1) is 11.8 Å². The lowest BCUT2D eigenvalue weighted by atomic mass is 9.90. The fraction of sp³-hybridized carbons (Fsp3) is 0.636. The van der Waals surface area contributed by atoms with Crippen LogP contribution in [0.3, 0.4) is 0 Å². The Morgan fingerprint density at radius 2 is 1.93 bits per heavy atom. The molecule has 4 unspecified atom stereocenters. The van der Waals surface area contributed by atoms with Crippen LogP contribution in [-0.2, 0) is 9.59 Å². The lowest BCUT2D eigenvalue weighted by molar-refractivity contribution is -0.139. The fourth-order valence-corrected chi connectivity index (χ4v) is 2.88. The van der Waals surface area contributed by atoms with E-state index < -0.39 is 0 Å². The molecule has 0 spiro atoms. The van der Waals surface area contributed by atoms with Crippen LogP contribution in [0.2, 0.25) is 0 Å². The summed E-state index contributed by atoms with van der Waals surface area (Å²) in [6.45, 7) is 5.79. The molecule has 76 valence electrons. The minimum absolute atomic E-state index is 0.00292. The highest BCUT2D eigenvalue weighted by Gasteiger charge is 2.55. The molecular weight excluding hydrogens is 178 g/mol. The van der Waals surface area contributed by atoms with Gasteiger partial charge in [-0.3, -0.25) is 14.5 Å². The maximum atomic E-state index is 11.8. The Labute approximate surface area is 83.8 Å². The molecule has 2 aliphatic rings. The quantitative estimate of drug-likeness (QED) is 0.461. The number of rotatable bonds is 1. The molecule has 1 saturated carbocycles. The number of hydrogen-bond acceptors (Lipinski definition) is 2. The molecule has 1 saturated heterocycles. The molecule has 1 aliphatic carbocycles. The molecule has 0 bridgehead atoms. The van der Waals surface area contributed by atoms with E-state index in [2.05, 4.69) is 6.58 Å². The fourth-order valence-electron chi connectivity index (χ4n) is 2.88. The van der Waals surface area contributed by atoms with E-state index >= 15 is 0 Å². The van der Waals surface area contributed by atoms with Crippen LogP contribution < -0.4 is 0 Å². The average molecular weight is 193 g/mol. The van der Waals surface area contributed by atoms with Gasteiger partial charge in [0.1, 0.15) is 0 Å². The van der Waals surface area contributed by atoms with Crippen molar-refractivity contribution in [3.63, 3.8) is 0 Å². The van der Waals surface area contributed by atoms with E-state index in [1.807, 2.05) is 13.0 Å². The Kier molecular flexibility index (Phi) is 1.98. The van der Waals surface area contributed by atoms with E-state index in [1.165, 1.54) is 4.90 Å². The zero-order chi connectivity index (χ0) is 10.5. The summed E-state index contributed by atoms with van der Waals surface area (Å²) in [6.07, 6.45) is 2.75. The van der Waals surface area contributed by atoms with E-state index in [0.717, 1.165) is 6.42 Å². The minimum Gasteiger partial charge on any atom is -0.285 e. The van der Waals surface area contributed by atoms with Crippen LogP contribution in [0, 0.1) is 23.7 Å². The standard InChI is InChI=1S/C11H15NO2/c1-4-7-5-6(2)8-9(7)11(14)12(3)10(8)13/h4,6-9H,1,5H2,2-3H3. The molecule has 0 radical (unpaired) electrons. The molecule has 2 amide bonds. The van der Waals surface area contributed by atoms with Crippen molar-refractivity contribution in [1.82, 2.24) is 4.90 Å². The van der Waals surface area contributed by atoms with Gasteiger partial charge < -0.3 is 0 Å². The van der Waals surface area contributed by atoms with Crippen LogP contribution in [0.5, 0.6) is 0 Å². The number of nitrogens with zero attached hydrogens (tertiary/aromatic N) is 1. The molecule has 0 aromatic heterocycles. The van der Waals surface area contributed by atoms with Gasteiger partial charge in [-0.15, -0.1) is 6.58 Å². The van der Waals surface area contributed by atoms with Crippen LogP contribution in [-0.4, -0.2) is 23.8 Å². The van der Waals surface area contributed by atoms with E-state index in [9.17, 15) is 9.59 Å². The summed E-state index contributed by atoms with van der Waals surface area (Å²) >= 11 is 0. The number of imide groups is 1. The Hall–Kier alpha value is -1.12. The molecule has 0 aromatic carbocycles. The molecule has 14 heavy (non-hydrogen) atoms. The first kappa shape index (κ1) is 9.44. The van der Waals surface area contributed by atoms with E-state index in [0.29, 0.717) is 5.92 Å². The second-order valence-electron chi connectivity index (χ2n) is 4.40. The van der Waals surface area contributed by atoms with Crippen LogP contribution in [0.25, 0.3) is 0 Å². The van der Waals surface area contributed by atoms with Gasteiger partial charge in [0.2, 0.25) is 11.8 Å². The van der Waals surface area contributed by atoms with Gasteiger partial charge in [-0.05, 0) is 18.3 Å². The van der Waals surface area contributed by atoms with Gasteiger partial charge in [0, 0.05) is 7.05 Å². The summed E-state index contributed by atoms with van der Waals surface area (Å²) in [5.41, 5.74) is 0. The number of likely N-dealkylation sites (tertiary alicyclic amines) is 1. The maximum Gasteiger partial charge on any atom is 0.233 e. The number of hydrogen-bond donors (Lipinski definition) is 0. The molecule has 1 heterocycles. The normalized spacial score (nSPS) is 41.7. The summed E-state index contributed by atoms with van der Waals surface area (Å²) in [5, 5.41) is 0. The lowest BCUT2D eigenvalue weighted by Crippen LogP contribution is -2.29. The Balaban J connectivity index is 2.37. The van der Waals surface area contributed by atoms with Crippen molar-refractivity contribution in [2.45, 2.75) is 13.3 Å². The highest BCUT2D eigenvalue weighted by Crippen LogP contribution is 2.47. The largest absolute Gasteiger partial charge is 0.285 e. The predicted octanol–water partition coefficient (Wildman–Crippen LogP) is 1.06. The molecule has 0 aromatic rings. The molecule has 3 nitrogen and oxygen atoms in total. The number of fused-ring (bicyclic) bond motifs is 1. The Morgan fingerprint density at radius 1 is 1.36 bits per heavy atom. The number of carbonyl (C=O) groups is 2. The van der Waals surface area contributed by atoms with Gasteiger partial charge in [-0.2, -0.15) is 0 Å². The van der Waals surface area contributed by atoms with Crippen molar-refractivity contribution >= 4 is 11.8 Å². The number of amides is 2. The van der Waals surface area contributed by atoms with Crippen LogP contribution in [0.1, 0.15) is 13.3 Å². The Morgan fingerprint density at radius 3 is 2.50 bits per heavy atom. The average Bonchev–Trinajstić information content (AvgIpc) is 2.60. The first-order valence-corrected chi connectivity index (χ1v) is 5.02. The maximum absolute atomic E-state index is 11.8. The van der Waals surface area contributed by atoms with Gasteiger partial charge in [0.15, 0.2) is 0 Å². The van der Waals surface area contributed by atoms with Crippen molar-refractivity contribution in [3.05, 3.63) is 12.7 Å². The molecule has 2 fully saturated rings. The predicted molar refractivity (Wildman–Crippen MR) is 52.2 cm³/mol. The zero-order valence-electron chi connectivity index (χ0n) is 8.56. The highest BCUT2D eigenvalue weighted by atomic mass is 16.2. The SMILES string of the molecule is C=CC1CC(C)C2C(=O)N(C)C(=O)C12. The molecule has 2 rings (SSSR count). The van der Waals surface area contributed by atoms with E-state index in [4.69, 9.17) is 0 Å². The van der Waals surface area contributed by atoms with Crippen molar-refractivity contribution in [3.8, 4) is 0 Å². The topological polar surface area (TPSA) is 37.4 Å². The Bertz CT molecular complexity index is 310. The third-order valence-corrected chi connectivity index (χ3v) is 3.64. The minimum atomic E-state index is -0.125. The first-order chi connectivity index (χ1) is 6.57. The lowest BCUT2D eigenvalue weighted by Gasteiger charge is -2.13. The number of carbonyl (C=O) groups excluding carboxylic acids is 2. The first-order valence-electron chi connectivity index (χ1n) is 5.02. The molecular formula is C11H15NO2. The summed E-state index contributed by atoms with van der Waals surface area (Å²) in [7, 11) is 1.58. The van der Waals surface area contributed by atoms with Crippen molar-refractivity contribution < 1.29 is 9.59 Å². The zero-order valence-corrected chi connectivity index (χ0v) is 8.56. The van der Waals surface area contributed by atoms with Crippen LogP contribution in [0.4, 0.5) is 0 Å². The molecule has 4 atom stereocenters. The molecule has 1 aliphatic heterocycles. The van der Waals surface area contributed by atoms with E-state index in [1.54, 1.807) is 7.05 Å².